The van der Waals surface area contributed by atoms with E-state index < -0.39 is 16.1 Å². The molecule has 0 aliphatic rings. The van der Waals surface area contributed by atoms with Gasteiger partial charge < -0.3 is 14.4 Å². The maximum absolute atomic E-state index is 12.3. The Kier molecular flexibility index (Phi) is 6.35. The summed E-state index contributed by atoms with van der Waals surface area (Å²) in [5.74, 6) is 0.630. The SMILES string of the molecule is CCOc1ccc(S(=O)(=O)NCC(O)Cn2ccccc2=O)cc1C. The van der Waals surface area contributed by atoms with Crippen LogP contribution < -0.4 is 15.0 Å². The molecule has 0 amide bonds. The lowest BCUT2D eigenvalue weighted by atomic mass is 10.2. The lowest BCUT2D eigenvalue weighted by molar-refractivity contribution is 0.156. The molecule has 25 heavy (non-hydrogen) atoms. The van der Waals surface area contributed by atoms with Crippen molar-refractivity contribution in [1.82, 2.24) is 9.29 Å². The molecule has 0 bridgehead atoms. The Labute approximate surface area is 146 Å². The minimum Gasteiger partial charge on any atom is -0.494 e. The average Bonchev–Trinajstić information content (AvgIpc) is 2.57. The second-order valence-corrected chi connectivity index (χ2v) is 7.32. The molecule has 1 unspecified atom stereocenters. The van der Waals surface area contributed by atoms with Crippen molar-refractivity contribution < 1.29 is 18.3 Å². The van der Waals surface area contributed by atoms with E-state index in [1.165, 1.54) is 29.0 Å². The molecule has 0 fully saturated rings. The number of aromatic nitrogens is 1. The first-order valence-electron chi connectivity index (χ1n) is 7.90. The molecule has 2 N–H and O–H groups in total. The first kappa shape index (κ1) is 19.2. The molecule has 7 nitrogen and oxygen atoms in total. The fraction of sp³-hybridized carbons (Fsp3) is 0.353. The molecule has 1 atom stereocenters. The van der Waals surface area contributed by atoms with Gasteiger partial charge >= 0.3 is 0 Å². The lowest BCUT2D eigenvalue weighted by Gasteiger charge is -2.14. The van der Waals surface area contributed by atoms with Crippen molar-refractivity contribution in [2.24, 2.45) is 0 Å². The van der Waals surface area contributed by atoms with E-state index in [1.807, 2.05) is 6.92 Å². The minimum absolute atomic E-state index is 0.00446. The quantitative estimate of drug-likeness (QED) is 0.723. The number of pyridine rings is 1. The number of nitrogens with one attached hydrogen (secondary N) is 1. The zero-order chi connectivity index (χ0) is 18.4. The van der Waals surface area contributed by atoms with Gasteiger partial charge in [-0.3, -0.25) is 4.79 Å². The number of hydrogen-bond acceptors (Lipinski definition) is 5. The summed E-state index contributed by atoms with van der Waals surface area (Å²) in [5.41, 5.74) is 0.452. The van der Waals surface area contributed by atoms with Gasteiger partial charge in [0.25, 0.3) is 5.56 Å². The van der Waals surface area contributed by atoms with Crippen molar-refractivity contribution in [3.05, 3.63) is 58.5 Å². The molecule has 1 aromatic carbocycles. The lowest BCUT2D eigenvalue weighted by Crippen LogP contribution is -2.36. The van der Waals surface area contributed by atoms with Gasteiger partial charge in [0, 0.05) is 18.8 Å². The standard InChI is InChI=1S/C17H22N2O5S/c1-3-24-16-8-7-15(10-13(16)2)25(22,23)18-11-14(20)12-19-9-5-4-6-17(19)21/h4-10,14,18,20H,3,11-12H2,1-2H3. The van der Waals surface area contributed by atoms with Gasteiger partial charge in [0.2, 0.25) is 10.0 Å². The molecule has 2 aromatic rings. The summed E-state index contributed by atoms with van der Waals surface area (Å²) in [6.45, 7) is 3.92. The van der Waals surface area contributed by atoms with Gasteiger partial charge in [-0.05, 0) is 43.7 Å². The van der Waals surface area contributed by atoms with E-state index in [-0.39, 0.29) is 23.5 Å². The number of rotatable bonds is 8. The van der Waals surface area contributed by atoms with Crippen LogP contribution in [0.3, 0.4) is 0 Å². The normalized spacial score (nSPS) is 12.8. The van der Waals surface area contributed by atoms with Crippen molar-refractivity contribution in [3.8, 4) is 5.75 Å². The summed E-state index contributed by atoms with van der Waals surface area (Å²) in [6.07, 6.45) is 0.509. The molecule has 0 aliphatic heterocycles. The number of aliphatic hydroxyl groups is 1. The molecular weight excluding hydrogens is 344 g/mol. The average molecular weight is 366 g/mol. The van der Waals surface area contributed by atoms with Crippen molar-refractivity contribution >= 4 is 10.0 Å². The Morgan fingerprint density at radius 3 is 2.68 bits per heavy atom. The smallest absolute Gasteiger partial charge is 0.250 e. The molecule has 0 spiro atoms. The van der Waals surface area contributed by atoms with E-state index >= 15 is 0 Å². The number of aliphatic hydroxyl groups excluding tert-OH is 1. The van der Waals surface area contributed by atoms with Crippen molar-refractivity contribution in [3.63, 3.8) is 0 Å². The van der Waals surface area contributed by atoms with E-state index in [2.05, 4.69) is 4.72 Å². The second-order valence-electron chi connectivity index (χ2n) is 5.56. The Morgan fingerprint density at radius 2 is 2.04 bits per heavy atom. The van der Waals surface area contributed by atoms with Crippen LogP contribution in [-0.4, -0.2) is 37.3 Å². The Bertz CT molecular complexity index is 877. The summed E-state index contributed by atoms with van der Waals surface area (Å²) < 4.78 is 33.8. The molecule has 136 valence electrons. The predicted molar refractivity (Wildman–Crippen MR) is 94.2 cm³/mol. The van der Waals surface area contributed by atoms with Crippen LogP contribution in [-0.2, 0) is 16.6 Å². The summed E-state index contributed by atoms with van der Waals surface area (Å²) >= 11 is 0. The highest BCUT2D eigenvalue weighted by Crippen LogP contribution is 2.21. The van der Waals surface area contributed by atoms with Crippen LogP contribution in [0.1, 0.15) is 12.5 Å². The first-order valence-corrected chi connectivity index (χ1v) is 9.38. The van der Waals surface area contributed by atoms with E-state index in [0.29, 0.717) is 17.9 Å². The number of sulfonamides is 1. The summed E-state index contributed by atoms with van der Waals surface area (Å²) in [7, 11) is -3.76. The molecular formula is C17H22N2O5S. The number of hydrogen-bond donors (Lipinski definition) is 2. The topological polar surface area (TPSA) is 97.6 Å². The molecule has 0 saturated carbocycles. The van der Waals surface area contributed by atoms with Crippen LogP contribution in [0, 0.1) is 6.92 Å². The van der Waals surface area contributed by atoms with Gasteiger partial charge in [-0.2, -0.15) is 0 Å². The van der Waals surface area contributed by atoms with Crippen LogP contribution >= 0.6 is 0 Å². The predicted octanol–water partition coefficient (Wildman–Crippen LogP) is 0.895. The Hall–Kier alpha value is -2.16. The van der Waals surface area contributed by atoms with E-state index in [9.17, 15) is 18.3 Å². The zero-order valence-corrected chi connectivity index (χ0v) is 15.0. The van der Waals surface area contributed by atoms with Gasteiger partial charge in [0.15, 0.2) is 0 Å². The van der Waals surface area contributed by atoms with Crippen molar-refractivity contribution in [2.75, 3.05) is 13.2 Å². The maximum atomic E-state index is 12.3. The molecule has 0 aliphatic carbocycles. The van der Waals surface area contributed by atoms with Crippen LogP contribution in [0.5, 0.6) is 5.75 Å². The molecule has 8 heteroatoms. The highest BCUT2D eigenvalue weighted by molar-refractivity contribution is 7.89. The zero-order valence-electron chi connectivity index (χ0n) is 14.2. The first-order chi connectivity index (χ1) is 11.8. The number of benzene rings is 1. The van der Waals surface area contributed by atoms with Crippen LogP contribution in [0.15, 0.2) is 52.3 Å². The monoisotopic (exact) mass is 366 g/mol. The molecule has 0 radical (unpaired) electrons. The Morgan fingerprint density at radius 1 is 1.28 bits per heavy atom. The van der Waals surface area contributed by atoms with Crippen LogP contribution in [0.2, 0.25) is 0 Å². The summed E-state index contributed by atoms with van der Waals surface area (Å²) in [4.78, 5) is 11.7. The Balaban J connectivity index is 2.02. The fourth-order valence-corrected chi connectivity index (χ4v) is 3.46. The van der Waals surface area contributed by atoms with Gasteiger partial charge in [-0.1, -0.05) is 6.07 Å². The molecule has 2 rings (SSSR count). The third-order valence-electron chi connectivity index (χ3n) is 3.57. The second kappa shape index (κ2) is 8.28. The highest BCUT2D eigenvalue weighted by Gasteiger charge is 2.17. The molecule has 1 heterocycles. The van der Waals surface area contributed by atoms with Crippen LogP contribution in [0.25, 0.3) is 0 Å². The van der Waals surface area contributed by atoms with Gasteiger partial charge in [-0.25, -0.2) is 13.1 Å². The van der Waals surface area contributed by atoms with Crippen molar-refractivity contribution in [2.45, 2.75) is 31.4 Å². The van der Waals surface area contributed by atoms with Gasteiger partial charge in [0.05, 0.1) is 24.2 Å². The number of nitrogens with zero attached hydrogens (tertiary/aromatic N) is 1. The van der Waals surface area contributed by atoms with E-state index in [1.54, 1.807) is 25.1 Å². The van der Waals surface area contributed by atoms with Gasteiger partial charge in [0.1, 0.15) is 5.75 Å². The fourth-order valence-electron chi connectivity index (χ4n) is 2.30. The minimum atomic E-state index is -3.76. The largest absolute Gasteiger partial charge is 0.494 e. The maximum Gasteiger partial charge on any atom is 0.250 e. The summed E-state index contributed by atoms with van der Waals surface area (Å²) in [6, 6.07) is 9.21. The number of ether oxygens (including phenoxy) is 1. The van der Waals surface area contributed by atoms with E-state index in [0.717, 1.165) is 0 Å². The third-order valence-corrected chi connectivity index (χ3v) is 4.99. The van der Waals surface area contributed by atoms with Gasteiger partial charge in [-0.15, -0.1) is 0 Å². The number of aryl methyl sites for hydroxylation is 1. The molecule has 1 aromatic heterocycles. The molecule has 0 saturated heterocycles. The highest BCUT2D eigenvalue weighted by atomic mass is 32.2. The third kappa shape index (κ3) is 5.15. The van der Waals surface area contributed by atoms with Crippen LogP contribution in [0.4, 0.5) is 0 Å². The summed E-state index contributed by atoms with van der Waals surface area (Å²) in [5, 5.41) is 10.00. The van der Waals surface area contributed by atoms with Crippen molar-refractivity contribution in [1.29, 1.82) is 0 Å². The van der Waals surface area contributed by atoms with E-state index in [4.69, 9.17) is 4.74 Å².